The van der Waals surface area contributed by atoms with Crippen LogP contribution in [0.25, 0.3) is 0 Å². The van der Waals surface area contributed by atoms with Crippen molar-refractivity contribution in [2.75, 3.05) is 13.1 Å². The largest absolute Gasteiger partial charge is 0.388 e. The summed E-state index contributed by atoms with van der Waals surface area (Å²) in [6, 6.07) is 8.44. The van der Waals surface area contributed by atoms with E-state index in [2.05, 4.69) is 0 Å². The van der Waals surface area contributed by atoms with Crippen molar-refractivity contribution in [3.05, 3.63) is 35.4 Å². The normalized spacial score (nSPS) is 26.8. The van der Waals surface area contributed by atoms with Crippen LogP contribution in [0.5, 0.6) is 0 Å². The fourth-order valence-electron chi connectivity index (χ4n) is 2.11. The number of amides is 1. The van der Waals surface area contributed by atoms with Crippen LogP contribution < -0.4 is 0 Å². The van der Waals surface area contributed by atoms with Crippen LogP contribution >= 0.6 is 0 Å². The molecule has 2 N–H and O–H groups in total. The number of benzene rings is 1. The van der Waals surface area contributed by atoms with E-state index in [9.17, 15) is 15.0 Å². The van der Waals surface area contributed by atoms with Crippen molar-refractivity contribution in [1.29, 1.82) is 5.26 Å². The van der Waals surface area contributed by atoms with Crippen LogP contribution in [0.4, 0.5) is 0 Å². The summed E-state index contributed by atoms with van der Waals surface area (Å²) in [5.74, 6) is -0.230. The Labute approximate surface area is 111 Å². The molecule has 1 aliphatic rings. The smallest absolute Gasteiger partial charge is 0.253 e. The summed E-state index contributed by atoms with van der Waals surface area (Å²) in [6.07, 6.45) is -0.623. The molecule has 0 spiro atoms. The molecule has 0 radical (unpaired) electrons. The molecule has 1 amide bonds. The second kappa shape index (κ2) is 5.00. The number of nitrogens with zero attached hydrogens (tertiary/aromatic N) is 2. The Hall–Kier alpha value is -1.90. The molecule has 1 aliphatic heterocycles. The predicted octanol–water partition coefficient (Wildman–Crippen LogP) is 0.516. The van der Waals surface area contributed by atoms with Crippen molar-refractivity contribution in [1.82, 2.24) is 4.90 Å². The molecule has 5 heteroatoms. The first-order valence-electron chi connectivity index (χ1n) is 6.14. The summed E-state index contributed by atoms with van der Waals surface area (Å²) in [6.45, 7) is 2.05. The number of aliphatic hydroxyl groups is 2. The van der Waals surface area contributed by atoms with Crippen molar-refractivity contribution in [3.8, 4) is 6.07 Å². The van der Waals surface area contributed by atoms with E-state index < -0.39 is 11.7 Å². The second-order valence-electron chi connectivity index (χ2n) is 5.07. The molecule has 19 heavy (non-hydrogen) atoms. The lowest BCUT2D eigenvalue weighted by atomic mass is 9.90. The van der Waals surface area contributed by atoms with E-state index in [0.29, 0.717) is 24.1 Å². The van der Waals surface area contributed by atoms with Crippen LogP contribution in [-0.4, -0.2) is 45.8 Å². The molecule has 1 saturated heterocycles. The molecule has 5 nitrogen and oxygen atoms in total. The number of carbonyl (C=O) groups excluding carboxylic acids is 1. The standard InChI is InChI=1S/C14H16N2O3/c1-14(19)5-6-16(9-12(14)17)13(18)11-4-2-3-10(7-11)8-15/h2-4,7,12,17,19H,5-6,9H2,1H3/t12-,14-/m0/s1. The molecule has 0 bridgehead atoms. The van der Waals surface area contributed by atoms with E-state index in [-0.39, 0.29) is 12.5 Å². The molecule has 0 aromatic heterocycles. The lowest BCUT2D eigenvalue weighted by Crippen LogP contribution is -2.55. The lowest BCUT2D eigenvalue weighted by molar-refractivity contribution is -0.0999. The van der Waals surface area contributed by atoms with Gasteiger partial charge in [-0.15, -0.1) is 0 Å². The van der Waals surface area contributed by atoms with Gasteiger partial charge in [0.25, 0.3) is 5.91 Å². The van der Waals surface area contributed by atoms with Crippen molar-refractivity contribution in [2.24, 2.45) is 0 Å². The van der Waals surface area contributed by atoms with Gasteiger partial charge < -0.3 is 15.1 Å². The van der Waals surface area contributed by atoms with Crippen molar-refractivity contribution < 1.29 is 15.0 Å². The third-order valence-corrected chi connectivity index (χ3v) is 3.52. The van der Waals surface area contributed by atoms with Gasteiger partial charge in [0.05, 0.1) is 23.3 Å². The van der Waals surface area contributed by atoms with Gasteiger partial charge in [0, 0.05) is 18.7 Å². The molecule has 0 saturated carbocycles. The number of aliphatic hydroxyl groups excluding tert-OH is 1. The highest BCUT2D eigenvalue weighted by Gasteiger charge is 2.38. The summed E-state index contributed by atoms with van der Waals surface area (Å²) in [7, 11) is 0. The van der Waals surface area contributed by atoms with Crippen LogP contribution in [0, 0.1) is 11.3 Å². The summed E-state index contributed by atoms with van der Waals surface area (Å²) in [5, 5.41) is 28.5. The summed E-state index contributed by atoms with van der Waals surface area (Å²) in [4.78, 5) is 13.7. The zero-order chi connectivity index (χ0) is 14.0. The van der Waals surface area contributed by atoms with Gasteiger partial charge in [-0.05, 0) is 31.5 Å². The molecule has 0 unspecified atom stereocenters. The summed E-state index contributed by atoms with van der Waals surface area (Å²) >= 11 is 0. The Kier molecular flexibility index (Phi) is 3.56. The molecule has 2 rings (SSSR count). The highest BCUT2D eigenvalue weighted by Crippen LogP contribution is 2.23. The Morgan fingerprint density at radius 2 is 2.32 bits per heavy atom. The van der Waals surface area contributed by atoms with Crippen LogP contribution in [-0.2, 0) is 0 Å². The molecule has 1 aromatic carbocycles. The van der Waals surface area contributed by atoms with E-state index in [1.165, 1.54) is 11.0 Å². The molecule has 1 aromatic rings. The lowest BCUT2D eigenvalue weighted by Gasteiger charge is -2.39. The fourth-order valence-corrected chi connectivity index (χ4v) is 2.11. The Bertz CT molecular complexity index is 534. The van der Waals surface area contributed by atoms with Gasteiger partial charge in [0.2, 0.25) is 0 Å². The maximum absolute atomic E-state index is 12.2. The molecular weight excluding hydrogens is 244 g/mol. The summed E-state index contributed by atoms with van der Waals surface area (Å²) in [5.41, 5.74) is -0.297. The van der Waals surface area contributed by atoms with Crippen LogP contribution in [0.3, 0.4) is 0 Å². The Morgan fingerprint density at radius 3 is 2.95 bits per heavy atom. The van der Waals surface area contributed by atoms with E-state index in [1.54, 1.807) is 25.1 Å². The van der Waals surface area contributed by atoms with E-state index in [0.717, 1.165) is 0 Å². The van der Waals surface area contributed by atoms with Crippen LogP contribution in [0.1, 0.15) is 29.3 Å². The van der Waals surface area contributed by atoms with Gasteiger partial charge in [0.1, 0.15) is 0 Å². The van der Waals surface area contributed by atoms with E-state index in [4.69, 9.17) is 5.26 Å². The van der Waals surface area contributed by atoms with Gasteiger partial charge in [-0.25, -0.2) is 0 Å². The third kappa shape index (κ3) is 2.75. The Balaban J connectivity index is 2.15. The molecule has 1 fully saturated rings. The van der Waals surface area contributed by atoms with E-state index >= 15 is 0 Å². The van der Waals surface area contributed by atoms with Crippen LogP contribution in [0.15, 0.2) is 24.3 Å². The van der Waals surface area contributed by atoms with Crippen LogP contribution in [0.2, 0.25) is 0 Å². The number of piperidine rings is 1. The van der Waals surface area contributed by atoms with Crippen molar-refractivity contribution in [2.45, 2.75) is 25.0 Å². The average Bonchev–Trinajstić information content (AvgIpc) is 2.41. The maximum atomic E-state index is 12.2. The first-order valence-corrected chi connectivity index (χ1v) is 6.14. The number of hydrogen-bond donors (Lipinski definition) is 2. The molecule has 100 valence electrons. The third-order valence-electron chi connectivity index (χ3n) is 3.52. The van der Waals surface area contributed by atoms with Gasteiger partial charge in [-0.3, -0.25) is 4.79 Å². The predicted molar refractivity (Wildman–Crippen MR) is 68.3 cm³/mol. The van der Waals surface area contributed by atoms with Crippen molar-refractivity contribution in [3.63, 3.8) is 0 Å². The van der Waals surface area contributed by atoms with Gasteiger partial charge in [-0.2, -0.15) is 5.26 Å². The quantitative estimate of drug-likeness (QED) is 0.770. The maximum Gasteiger partial charge on any atom is 0.253 e. The number of β-amino-alcohol motifs (C(OH)–C–C–N with tert-alkyl or cyclic N) is 1. The van der Waals surface area contributed by atoms with Crippen molar-refractivity contribution >= 4 is 5.91 Å². The van der Waals surface area contributed by atoms with E-state index in [1.807, 2.05) is 6.07 Å². The topological polar surface area (TPSA) is 84.6 Å². The highest BCUT2D eigenvalue weighted by molar-refractivity contribution is 5.94. The van der Waals surface area contributed by atoms with Gasteiger partial charge in [0.15, 0.2) is 0 Å². The number of nitriles is 1. The second-order valence-corrected chi connectivity index (χ2v) is 5.07. The minimum Gasteiger partial charge on any atom is -0.388 e. The summed E-state index contributed by atoms with van der Waals surface area (Å²) < 4.78 is 0. The monoisotopic (exact) mass is 260 g/mol. The Morgan fingerprint density at radius 1 is 1.58 bits per heavy atom. The molecule has 1 heterocycles. The zero-order valence-corrected chi connectivity index (χ0v) is 10.7. The number of likely N-dealkylation sites (tertiary alicyclic amines) is 1. The molecular formula is C14H16N2O3. The fraction of sp³-hybridized carbons (Fsp3) is 0.429. The van der Waals surface area contributed by atoms with Gasteiger partial charge in [-0.1, -0.05) is 6.07 Å². The minimum absolute atomic E-state index is 0.0998. The zero-order valence-electron chi connectivity index (χ0n) is 10.7. The highest BCUT2D eigenvalue weighted by atomic mass is 16.3. The van der Waals surface area contributed by atoms with Gasteiger partial charge >= 0.3 is 0 Å². The molecule has 2 atom stereocenters. The first kappa shape index (κ1) is 13.5. The average molecular weight is 260 g/mol. The minimum atomic E-state index is -1.15. The number of hydrogen-bond acceptors (Lipinski definition) is 4. The molecule has 0 aliphatic carbocycles. The number of carbonyl (C=O) groups is 1. The SMILES string of the molecule is C[C@]1(O)CCN(C(=O)c2cccc(C#N)c2)C[C@@H]1O. The first-order chi connectivity index (χ1) is 8.94. The number of rotatable bonds is 1.